The van der Waals surface area contributed by atoms with E-state index < -0.39 is 17.7 Å². The van der Waals surface area contributed by atoms with Crippen LogP contribution in [0.3, 0.4) is 0 Å². The number of aryl methyl sites for hydroxylation is 2. The van der Waals surface area contributed by atoms with Crippen LogP contribution in [0.2, 0.25) is 0 Å². The van der Waals surface area contributed by atoms with Crippen LogP contribution in [0.1, 0.15) is 52.3 Å². The summed E-state index contributed by atoms with van der Waals surface area (Å²) in [5.41, 5.74) is 2.13. The number of esters is 1. The summed E-state index contributed by atoms with van der Waals surface area (Å²) in [6.07, 6.45) is -3.00. The van der Waals surface area contributed by atoms with Crippen LogP contribution in [0.5, 0.6) is 0 Å². The normalized spacial score (nSPS) is 13.4. The number of carbonyl (C=O) groups is 1. The van der Waals surface area contributed by atoms with E-state index in [4.69, 9.17) is 4.74 Å². The van der Waals surface area contributed by atoms with Crippen molar-refractivity contribution in [2.45, 2.75) is 46.8 Å². The highest BCUT2D eigenvalue weighted by Gasteiger charge is 2.32. The number of alkyl halides is 3. The molecule has 0 aromatic carbocycles. The van der Waals surface area contributed by atoms with Crippen LogP contribution in [0.4, 0.5) is 19.0 Å². The van der Waals surface area contributed by atoms with Crippen LogP contribution >= 0.6 is 0 Å². The topological polar surface area (TPSA) is 55.3 Å². The second-order valence-corrected chi connectivity index (χ2v) is 6.25. The lowest BCUT2D eigenvalue weighted by molar-refractivity contribution is -0.137. The fraction of sp³-hybridized carbons (Fsp3) is 0.450. The molecule has 8 heteroatoms. The molecule has 152 valence electrons. The summed E-state index contributed by atoms with van der Waals surface area (Å²) >= 11 is 0. The molecular weight excluding hydrogens is 371 g/mol. The van der Waals surface area contributed by atoms with Crippen molar-refractivity contribution in [1.82, 2.24) is 9.97 Å². The zero-order valence-electron chi connectivity index (χ0n) is 16.6. The van der Waals surface area contributed by atoms with Gasteiger partial charge in [0.05, 0.1) is 23.9 Å². The van der Waals surface area contributed by atoms with Crippen molar-refractivity contribution in [3.8, 4) is 0 Å². The Balaban J connectivity index is 0.00000136. The molecule has 5 nitrogen and oxygen atoms in total. The van der Waals surface area contributed by atoms with Crippen molar-refractivity contribution < 1.29 is 22.7 Å². The molecule has 0 saturated carbocycles. The Labute approximate surface area is 162 Å². The SMILES string of the molecule is CC.COC(=O)c1cc(C)c(N2CCc3ncc(C(F)(F)F)cc3C2)nc1C. The first-order valence-electron chi connectivity index (χ1n) is 9.07. The zero-order chi connectivity index (χ0) is 21.1. The van der Waals surface area contributed by atoms with E-state index in [9.17, 15) is 18.0 Å². The summed E-state index contributed by atoms with van der Waals surface area (Å²) in [5.74, 6) is 0.186. The van der Waals surface area contributed by atoms with Crippen molar-refractivity contribution in [2.24, 2.45) is 0 Å². The van der Waals surface area contributed by atoms with Gasteiger partial charge in [-0.2, -0.15) is 13.2 Å². The standard InChI is InChI=1S/C18H18F3N3O2.C2H6/c1-10-6-14(17(25)26-3)11(2)23-16(10)24-5-4-15-12(9-24)7-13(8-22-15)18(19,20)21;1-2/h6-8H,4-5,9H2,1-3H3;1-2H3. The predicted molar refractivity (Wildman–Crippen MR) is 100 cm³/mol. The molecule has 0 N–H and O–H groups in total. The van der Waals surface area contributed by atoms with E-state index >= 15 is 0 Å². The minimum absolute atomic E-state index is 0.289. The number of aromatic nitrogens is 2. The van der Waals surface area contributed by atoms with Gasteiger partial charge >= 0.3 is 12.1 Å². The number of carbonyl (C=O) groups excluding carboxylic acids is 1. The van der Waals surface area contributed by atoms with Crippen molar-refractivity contribution in [2.75, 3.05) is 18.6 Å². The second kappa shape index (κ2) is 8.58. The fourth-order valence-corrected chi connectivity index (χ4v) is 3.09. The van der Waals surface area contributed by atoms with Crippen molar-refractivity contribution >= 4 is 11.8 Å². The molecule has 0 fully saturated rings. The van der Waals surface area contributed by atoms with E-state index in [0.29, 0.717) is 41.3 Å². The first-order valence-corrected chi connectivity index (χ1v) is 9.07. The number of pyridine rings is 2. The van der Waals surface area contributed by atoms with Crippen molar-refractivity contribution in [3.05, 3.63) is 52.0 Å². The van der Waals surface area contributed by atoms with Crippen LogP contribution in [-0.2, 0) is 23.9 Å². The van der Waals surface area contributed by atoms with Crippen LogP contribution in [-0.4, -0.2) is 29.6 Å². The Hall–Kier alpha value is -2.64. The molecule has 2 aromatic heterocycles. The van der Waals surface area contributed by atoms with Gasteiger partial charge in [0, 0.05) is 31.4 Å². The molecular formula is C20H24F3N3O2. The molecule has 0 radical (unpaired) electrons. The molecule has 0 saturated heterocycles. The Morgan fingerprint density at radius 1 is 1.21 bits per heavy atom. The molecule has 0 bridgehead atoms. The molecule has 3 heterocycles. The maximum absolute atomic E-state index is 12.9. The van der Waals surface area contributed by atoms with Crippen LogP contribution in [0.25, 0.3) is 0 Å². The average molecular weight is 395 g/mol. The molecule has 0 unspecified atom stereocenters. The third kappa shape index (κ3) is 4.43. The number of halogens is 3. The molecule has 0 atom stereocenters. The van der Waals surface area contributed by atoms with Gasteiger partial charge in [-0.3, -0.25) is 4.98 Å². The lowest BCUT2D eigenvalue weighted by Crippen LogP contribution is -2.33. The average Bonchev–Trinajstić information content (AvgIpc) is 2.68. The van der Waals surface area contributed by atoms with Crippen LogP contribution in [0, 0.1) is 13.8 Å². The van der Waals surface area contributed by atoms with E-state index in [1.807, 2.05) is 25.7 Å². The smallest absolute Gasteiger partial charge is 0.417 e. The summed E-state index contributed by atoms with van der Waals surface area (Å²) in [6, 6.07) is 2.85. The number of hydrogen-bond donors (Lipinski definition) is 0. The first kappa shape index (κ1) is 21.7. The summed E-state index contributed by atoms with van der Waals surface area (Å²) in [6.45, 7) is 8.40. The summed E-state index contributed by atoms with van der Waals surface area (Å²) in [4.78, 5) is 22.2. The Bertz CT molecular complexity index is 867. The largest absolute Gasteiger partial charge is 0.465 e. The van der Waals surface area contributed by atoms with Gasteiger partial charge in [-0.1, -0.05) is 13.8 Å². The quantitative estimate of drug-likeness (QED) is 0.702. The number of ether oxygens (including phenoxy) is 1. The predicted octanol–water partition coefficient (Wildman–Crippen LogP) is 4.49. The van der Waals surface area contributed by atoms with E-state index in [2.05, 4.69) is 9.97 Å². The molecule has 0 aliphatic carbocycles. The van der Waals surface area contributed by atoms with Crippen LogP contribution < -0.4 is 4.90 Å². The summed E-state index contributed by atoms with van der Waals surface area (Å²) in [7, 11) is 1.30. The van der Waals surface area contributed by atoms with Gasteiger partial charge in [0.25, 0.3) is 0 Å². The van der Waals surface area contributed by atoms with Gasteiger partial charge in [0.2, 0.25) is 0 Å². The Kier molecular flexibility index (Phi) is 6.64. The number of hydrogen-bond acceptors (Lipinski definition) is 5. The van der Waals surface area contributed by atoms with Gasteiger partial charge < -0.3 is 9.64 Å². The van der Waals surface area contributed by atoms with Crippen molar-refractivity contribution in [3.63, 3.8) is 0 Å². The molecule has 3 rings (SSSR count). The Morgan fingerprint density at radius 3 is 2.50 bits per heavy atom. The number of nitrogens with zero attached hydrogens (tertiary/aromatic N) is 3. The molecule has 0 spiro atoms. The van der Waals surface area contributed by atoms with Gasteiger partial charge in [-0.05, 0) is 37.1 Å². The highest BCUT2D eigenvalue weighted by Crippen LogP contribution is 2.32. The number of fused-ring (bicyclic) bond motifs is 1. The number of rotatable bonds is 2. The first-order chi connectivity index (χ1) is 13.2. The molecule has 2 aromatic rings. The van der Waals surface area contributed by atoms with E-state index in [1.165, 1.54) is 7.11 Å². The lowest BCUT2D eigenvalue weighted by atomic mass is 10.0. The third-order valence-corrected chi connectivity index (χ3v) is 4.45. The molecule has 1 aliphatic rings. The monoisotopic (exact) mass is 395 g/mol. The van der Waals surface area contributed by atoms with E-state index in [-0.39, 0.29) is 6.54 Å². The highest BCUT2D eigenvalue weighted by atomic mass is 19.4. The highest BCUT2D eigenvalue weighted by molar-refractivity contribution is 5.91. The zero-order valence-corrected chi connectivity index (χ0v) is 16.6. The van der Waals surface area contributed by atoms with Crippen LogP contribution in [0.15, 0.2) is 18.3 Å². The summed E-state index contributed by atoms with van der Waals surface area (Å²) < 4.78 is 43.6. The maximum Gasteiger partial charge on any atom is 0.417 e. The lowest BCUT2D eigenvalue weighted by Gasteiger charge is -2.31. The third-order valence-electron chi connectivity index (χ3n) is 4.45. The van der Waals surface area contributed by atoms with Gasteiger partial charge in [-0.15, -0.1) is 0 Å². The Morgan fingerprint density at radius 2 is 1.89 bits per heavy atom. The fourth-order valence-electron chi connectivity index (χ4n) is 3.09. The maximum atomic E-state index is 12.9. The molecule has 0 amide bonds. The number of anilines is 1. The van der Waals surface area contributed by atoms with Crippen molar-refractivity contribution in [1.29, 1.82) is 0 Å². The molecule has 1 aliphatic heterocycles. The van der Waals surface area contributed by atoms with Gasteiger partial charge in [0.1, 0.15) is 5.82 Å². The second-order valence-electron chi connectivity index (χ2n) is 6.25. The summed E-state index contributed by atoms with van der Waals surface area (Å²) in [5, 5.41) is 0. The number of methoxy groups -OCH3 is 1. The van der Waals surface area contributed by atoms with Gasteiger partial charge in [-0.25, -0.2) is 9.78 Å². The van der Waals surface area contributed by atoms with E-state index in [1.54, 1.807) is 13.0 Å². The van der Waals surface area contributed by atoms with E-state index in [0.717, 1.165) is 17.8 Å². The molecule has 28 heavy (non-hydrogen) atoms. The minimum Gasteiger partial charge on any atom is -0.465 e. The van der Waals surface area contributed by atoms with Gasteiger partial charge in [0.15, 0.2) is 0 Å². The minimum atomic E-state index is -4.42.